The van der Waals surface area contributed by atoms with Gasteiger partial charge in [0, 0.05) is 35.0 Å². The van der Waals surface area contributed by atoms with Crippen molar-refractivity contribution in [1.29, 1.82) is 0 Å². The van der Waals surface area contributed by atoms with Gasteiger partial charge in [-0.2, -0.15) is 5.10 Å². The first-order chi connectivity index (χ1) is 12.6. The van der Waals surface area contributed by atoms with Gasteiger partial charge >= 0.3 is 0 Å². The third-order valence-electron chi connectivity index (χ3n) is 4.56. The summed E-state index contributed by atoms with van der Waals surface area (Å²) in [6.45, 7) is 1.95. The lowest BCUT2D eigenvalue weighted by Crippen LogP contribution is -2.09. The number of thiophene rings is 1. The van der Waals surface area contributed by atoms with Crippen LogP contribution in [0.2, 0.25) is 0 Å². The molecule has 0 aliphatic heterocycles. The minimum absolute atomic E-state index is 0.124. The molecule has 0 fully saturated rings. The Hall–Kier alpha value is -3.12. The molecule has 3 heterocycles. The zero-order valence-corrected chi connectivity index (χ0v) is 15.1. The maximum absolute atomic E-state index is 12.7. The normalized spacial score (nSPS) is 11.6. The van der Waals surface area contributed by atoms with E-state index < -0.39 is 0 Å². The van der Waals surface area contributed by atoms with Crippen LogP contribution in [0.4, 0.5) is 5.69 Å². The topological polar surface area (TPSA) is 60.1 Å². The minimum atomic E-state index is -0.124. The second kappa shape index (κ2) is 5.44. The Morgan fingerprint density at radius 2 is 1.88 bits per heavy atom. The van der Waals surface area contributed by atoms with Gasteiger partial charge in [-0.3, -0.25) is 9.48 Å². The molecule has 26 heavy (non-hydrogen) atoms. The van der Waals surface area contributed by atoms with E-state index in [2.05, 4.69) is 10.4 Å². The number of amides is 1. The number of rotatable bonds is 2. The number of nitrogens with zero attached hydrogens (tertiary/aromatic N) is 2. The maximum Gasteiger partial charge on any atom is 0.265 e. The quantitative estimate of drug-likeness (QED) is 0.476. The van der Waals surface area contributed by atoms with Crippen molar-refractivity contribution in [3.05, 3.63) is 59.1 Å². The number of aromatic nitrogens is 2. The van der Waals surface area contributed by atoms with Crippen molar-refractivity contribution >= 4 is 55.1 Å². The van der Waals surface area contributed by atoms with Gasteiger partial charge in [-0.05, 0) is 31.2 Å². The number of fused-ring (bicyclic) bond motifs is 4. The largest absolute Gasteiger partial charge is 0.456 e. The zero-order chi connectivity index (χ0) is 17.8. The van der Waals surface area contributed by atoms with Crippen molar-refractivity contribution in [2.45, 2.75) is 6.92 Å². The third-order valence-corrected chi connectivity index (χ3v) is 5.76. The second-order valence-electron chi connectivity index (χ2n) is 6.30. The van der Waals surface area contributed by atoms with Gasteiger partial charge in [0.15, 0.2) is 0 Å². The average Bonchev–Trinajstić information content (AvgIpc) is 3.29. The molecule has 3 aromatic heterocycles. The van der Waals surface area contributed by atoms with E-state index >= 15 is 0 Å². The van der Waals surface area contributed by atoms with E-state index in [1.807, 2.05) is 67.2 Å². The molecular weight excluding hydrogens is 346 g/mol. The van der Waals surface area contributed by atoms with Gasteiger partial charge in [-0.15, -0.1) is 11.3 Å². The molecule has 0 spiro atoms. The molecule has 0 atom stereocenters. The van der Waals surface area contributed by atoms with Crippen LogP contribution < -0.4 is 5.32 Å². The summed E-state index contributed by atoms with van der Waals surface area (Å²) in [5.74, 6) is -0.124. The lowest BCUT2D eigenvalue weighted by Gasteiger charge is -2.03. The molecule has 1 amide bonds. The van der Waals surface area contributed by atoms with Crippen molar-refractivity contribution in [3.8, 4) is 0 Å². The summed E-state index contributed by atoms with van der Waals surface area (Å²) < 4.78 is 7.70. The summed E-state index contributed by atoms with van der Waals surface area (Å²) >= 11 is 1.44. The summed E-state index contributed by atoms with van der Waals surface area (Å²) in [6.07, 6.45) is 0. The molecule has 5 aromatic rings. The van der Waals surface area contributed by atoms with Gasteiger partial charge in [0.25, 0.3) is 5.91 Å². The highest BCUT2D eigenvalue weighted by Crippen LogP contribution is 2.31. The van der Waals surface area contributed by atoms with E-state index in [9.17, 15) is 4.79 Å². The van der Waals surface area contributed by atoms with E-state index in [0.29, 0.717) is 10.6 Å². The molecule has 0 aliphatic rings. The molecule has 5 rings (SSSR count). The Bertz CT molecular complexity index is 1270. The molecule has 5 nitrogen and oxygen atoms in total. The highest BCUT2D eigenvalue weighted by Gasteiger charge is 2.16. The van der Waals surface area contributed by atoms with Crippen molar-refractivity contribution in [2.75, 3.05) is 5.32 Å². The first kappa shape index (κ1) is 15.2. The molecule has 0 saturated heterocycles. The van der Waals surface area contributed by atoms with Gasteiger partial charge in [0.2, 0.25) is 0 Å². The number of anilines is 1. The predicted octanol–water partition coefficient (Wildman–Crippen LogP) is 5.09. The fraction of sp³-hybridized carbons (Fsp3) is 0.100. The number of hydrogen-bond acceptors (Lipinski definition) is 4. The summed E-state index contributed by atoms with van der Waals surface area (Å²) in [6, 6.07) is 15.6. The monoisotopic (exact) mass is 361 g/mol. The molecule has 128 valence electrons. The fourth-order valence-corrected chi connectivity index (χ4v) is 4.33. The van der Waals surface area contributed by atoms with Gasteiger partial charge in [0.1, 0.15) is 16.0 Å². The van der Waals surface area contributed by atoms with Crippen LogP contribution in [0.5, 0.6) is 0 Å². The second-order valence-corrected chi connectivity index (χ2v) is 7.33. The van der Waals surface area contributed by atoms with Crippen molar-refractivity contribution < 1.29 is 9.21 Å². The zero-order valence-electron chi connectivity index (χ0n) is 14.2. The number of hydrogen-bond donors (Lipinski definition) is 1. The Morgan fingerprint density at radius 3 is 2.73 bits per heavy atom. The summed E-state index contributed by atoms with van der Waals surface area (Å²) in [5, 5.41) is 10.5. The first-order valence-corrected chi connectivity index (χ1v) is 9.07. The average molecular weight is 361 g/mol. The highest BCUT2D eigenvalue weighted by molar-refractivity contribution is 7.20. The molecule has 0 unspecified atom stereocenters. The van der Waals surface area contributed by atoms with Gasteiger partial charge < -0.3 is 9.73 Å². The summed E-state index contributed by atoms with van der Waals surface area (Å²) in [7, 11) is 1.89. The van der Waals surface area contributed by atoms with Crippen LogP contribution in [0.25, 0.3) is 32.2 Å². The van der Waals surface area contributed by atoms with E-state index in [0.717, 1.165) is 37.8 Å². The molecule has 0 aliphatic carbocycles. The van der Waals surface area contributed by atoms with Gasteiger partial charge in [-0.1, -0.05) is 18.2 Å². The van der Waals surface area contributed by atoms with Crippen LogP contribution in [0.3, 0.4) is 0 Å². The number of nitrogens with one attached hydrogen (secondary N) is 1. The van der Waals surface area contributed by atoms with E-state index in [4.69, 9.17) is 4.42 Å². The standard InChI is InChI=1S/C20H15N3O2S/c1-11-15-10-18(26-20(15)23(2)22-11)19(24)21-12-7-8-14-13-5-3-4-6-16(13)25-17(14)9-12/h3-10H,1-2H3,(H,21,24). The van der Waals surface area contributed by atoms with Gasteiger partial charge in [0.05, 0.1) is 10.6 Å². The lowest BCUT2D eigenvalue weighted by atomic mass is 10.1. The number of carbonyl (C=O) groups is 1. The number of aryl methyl sites for hydroxylation is 2. The van der Waals surface area contributed by atoms with Crippen LogP contribution in [-0.4, -0.2) is 15.7 Å². The molecule has 1 N–H and O–H groups in total. The maximum atomic E-state index is 12.7. The number of para-hydroxylation sites is 1. The number of carbonyl (C=O) groups excluding carboxylic acids is 1. The van der Waals surface area contributed by atoms with Crippen LogP contribution >= 0.6 is 11.3 Å². The fourth-order valence-electron chi connectivity index (χ4n) is 3.31. The Morgan fingerprint density at radius 1 is 1.08 bits per heavy atom. The molecule has 0 bridgehead atoms. The van der Waals surface area contributed by atoms with Crippen molar-refractivity contribution in [3.63, 3.8) is 0 Å². The molecule has 0 saturated carbocycles. The number of benzene rings is 2. The summed E-state index contributed by atoms with van der Waals surface area (Å²) in [4.78, 5) is 14.3. The Labute approximate surface area is 152 Å². The SMILES string of the molecule is Cc1nn(C)c2sc(C(=O)Nc3ccc4c(c3)oc3ccccc34)cc12. The van der Waals surface area contributed by atoms with Crippen molar-refractivity contribution in [2.24, 2.45) is 7.05 Å². The number of furan rings is 1. The Kier molecular flexibility index (Phi) is 3.17. The highest BCUT2D eigenvalue weighted by atomic mass is 32.1. The van der Waals surface area contributed by atoms with E-state index in [-0.39, 0.29) is 5.91 Å². The molecule has 2 aromatic carbocycles. The van der Waals surface area contributed by atoms with Crippen molar-refractivity contribution in [1.82, 2.24) is 9.78 Å². The minimum Gasteiger partial charge on any atom is -0.456 e. The van der Waals surface area contributed by atoms with Crippen LogP contribution in [-0.2, 0) is 7.05 Å². The van der Waals surface area contributed by atoms with E-state index in [1.54, 1.807) is 0 Å². The third kappa shape index (κ3) is 2.23. The predicted molar refractivity (Wildman–Crippen MR) is 105 cm³/mol. The molecule has 0 radical (unpaired) electrons. The first-order valence-electron chi connectivity index (χ1n) is 8.26. The van der Waals surface area contributed by atoms with Crippen LogP contribution in [0, 0.1) is 6.92 Å². The smallest absolute Gasteiger partial charge is 0.265 e. The molecular formula is C20H15N3O2S. The van der Waals surface area contributed by atoms with Crippen LogP contribution in [0.15, 0.2) is 52.9 Å². The Balaban J connectivity index is 1.50. The van der Waals surface area contributed by atoms with Crippen LogP contribution in [0.1, 0.15) is 15.4 Å². The summed E-state index contributed by atoms with van der Waals surface area (Å²) in [5.41, 5.74) is 3.26. The van der Waals surface area contributed by atoms with Gasteiger partial charge in [-0.25, -0.2) is 0 Å². The lowest BCUT2D eigenvalue weighted by molar-refractivity contribution is 0.103. The van der Waals surface area contributed by atoms with E-state index in [1.165, 1.54) is 11.3 Å². The molecule has 6 heteroatoms.